The van der Waals surface area contributed by atoms with E-state index < -0.39 is 0 Å². The summed E-state index contributed by atoms with van der Waals surface area (Å²) in [5.74, 6) is 0. The van der Waals surface area contributed by atoms with Crippen molar-refractivity contribution in [2.24, 2.45) is 0 Å². The Hall–Kier alpha value is -2.86. The highest BCUT2D eigenvalue weighted by molar-refractivity contribution is 5.30. The number of nitrogens with one attached hydrogen (secondary N) is 2. The first-order chi connectivity index (χ1) is 16.9. The minimum absolute atomic E-state index is 0.384. The SMILES string of the molecule is C(=C\CN(C[C@H]1Cc2ccccc2CN1)[C@H]1CCCc2cccnc21)/CNCc1ccccn1. The van der Waals surface area contributed by atoms with E-state index in [2.05, 4.69) is 75.1 Å². The molecule has 0 radical (unpaired) electrons. The minimum Gasteiger partial charge on any atom is -0.308 e. The van der Waals surface area contributed by atoms with E-state index in [0.717, 1.165) is 51.3 Å². The quantitative estimate of drug-likeness (QED) is 0.375. The Morgan fingerprint density at radius 2 is 1.79 bits per heavy atom. The van der Waals surface area contributed by atoms with Crippen molar-refractivity contribution >= 4 is 0 Å². The summed E-state index contributed by atoms with van der Waals surface area (Å²) in [6.45, 7) is 4.56. The molecule has 5 heteroatoms. The molecule has 3 heterocycles. The highest BCUT2D eigenvalue weighted by Gasteiger charge is 2.29. The molecule has 0 unspecified atom stereocenters. The Kier molecular flexibility index (Phi) is 7.76. The van der Waals surface area contributed by atoms with Crippen molar-refractivity contribution in [1.29, 1.82) is 0 Å². The number of hydrogen-bond donors (Lipinski definition) is 2. The molecule has 0 amide bonds. The molecule has 5 nitrogen and oxygen atoms in total. The maximum Gasteiger partial charge on any atom is 0.0607 e. The second-order valence-corrected chi connectivity index (χ2v) is 9.38. The maximum absolute atomic E-state index is 4.84. The average molecular weight is 454 g/mol. The molecule has 34 heavy (non-hydrogen) atoms. The summed E-state index contributed by atoms with van der Waals surface area (Å²) in [7, 11) is 0. The van der Waals surface area contributed by atoms with Gasteiger partial charge in [-0.3, -0.25) is 14.9 Å². The molecule has 0 saturated carbocycles. The summed E-state index contributed by atoms with van der Waals surface area (Å²) in [5.41, 5.74) is 6.71. The summed E-state index contributed by atoms with van der Waals surface area (Å²) in [6, 6.07) is 20.1. The topological polar surface area (TPSA) is 53.1 Å². The van der Waals surface area contributed by atoms with Crippen LogP contribution in [0.5, 0.6) is 0 Å². The zero-order valence-electron chi connectivity index (χ0n) is 19.9. The van der Waals surface area contributed by atoms with Crippen molar-refractivity contribution in [1.82, 2.24) is 25.5 Å². The van der Waals surface area contributed by atoms with Gasteiger partial charge in [0.15, 0.2) is 0 Å². The van der Waals surface area contributed by atoms with Gasteiger partial charge in [0.25, 0.3) is 0 Å². The lowest BCUT2D eigenvalue weighted by Crippen LogP contribution is -2.46. The third kappa shape index (κ3) is 5.79. The molecule has 0 bridgehead atoms. The van der Waals surface area contributed by atoms with Crippen LogP contribution in [0.25, 0.3) is 0 Å². The second kappa shape index (κ2) is 11.5. The highest BCUT2D eigenvalue weighted by atomic mass is 15.2. The molecule has 5 rings (SSSR count). The highest BCUT2D eigenvalue weighted by Crippen LogP contribution is 2.33. The fourth-order valence-electron chi connectivity index (χ4n) is 5.28. The van der Waals surface area contributed by atoms with Crippen molar-refractivity contribution in [3.05, 3.63) is 107 Å². The molecule has 2 aromatic heterocycles. The van der Waals surface area contributed by atoms with Crippen molar-refractivity contribution in [2.75, 3.05) is 19.6 Å². The fourth-order valence-corrected chi connectivity index (χ4v) is 5.28. The van der Waals surface area contributed by atoms with Gasteiger partial charge in [0, 0.05) is 51.2 Å². The van der Waals surface area contributed by atoms with Crippen LogP contribution in [0.2, 0.25) is 0 Å². The van der Waals surface area contributed by atoms with Crippen LogP contribution in [0.3, 0.4) is 0 Å². The van der Waals surface area contributed by atoms with Gasteiger partial charge in [0.1, 0.15) is 0 Å². The summed E-state index contributed by atoms with van der Waals surface area (Å²) in [6.07, 6.45) is 13.0. The number of rotatable bonds is 9. The molecule has 0 fully saturated rings. The first-order valence-corrected chi connectivity index (χ1v) is 12.6. The lowest BCUT2D eigenvalue weighted by Gasteiger charge is -2.38. The van der Waals surface area contributed by atoms with Crippen molar-refractivity contribution < 1.29 is 0 Å². The Morgan fingerprint density at radius 3 is 2.71 bits per heavy atom. The van der Waals surface area contributed by atoms with Crippen LogP contribution in [0, 0.1) is 0 Å². The van der Waals surface area contributed by atoms with Gasteiger partial charge in [-0.05, 0) is 60.6 Å². The largest absolute Gasteiger partial charge is 0.308 e. The van der Waals surface area contributed by atoms with E-state index in [1.165, 1.54) is 35.2 Å². The van der Waals surface area contributed by atoms with Crippen LogP contribution in [-0.2, 0) is 25.9 Å². The van der Waals surface area contributed by atoms with Gasteiger partial charge in [-0.2, -0.15) is 0 Å². The minimum atomic E-state index is 0.384. The zero-order chi connectivity index (χ0) is 23.0. The zero-order valence-corrected chi connectivity index (χ0v) is 19.9. The van der Waals surface area contributed by atoms with Gasteiger partial charge in [0.05, 0.1) is 17.4 Å². The number of nitrogens with zero attached hydrogens (tertiary/aromatic N) is 3. The number of aromatic nitrogens is 2. The van der Waals surface area contributed by atoms with Crippen LogP contribution < -0.4 is 10.6 Å². The van der Waals surface area contributed by atoms with E-state index >= 15 is 0 Å². The molecule has 1 aliphatic heterocycles. The van der Waals surface area contributed by atoms with Crippen LogP contribution in [0.1, 0.15) is 47.0 Å². The monoisotopic (exact) mass is 453 g/mol. The summed E-state index contributed by atoms with van der Waals surface area (Å²) < 4.78 is 0. The second-order valence-electron chi connectivity index (χ2n) is 9.38. The number of hydrogen-bond acceptors (Lipinski definition) is 5. The van der Waals surface area contributed by atoms with Crippen LogP contribution in [0.4, 0.5) is 0 Å². The van der Waals surface area contributed by atoms with Gasteiger partial charge in [0.2, 0.25) is 0 Å². The molecule has 2 atom stereocenters. The molecular weight excluding hydrogens is 418 g/mol. The molecule has 3 aromatic rings. The molecule has 176 valence electrons. The summed E-state index contributed by atoms with van der Waals surface area (Å²) in [5, 5.41) is 7.26. The van der Waals surface area contributed by atoms with Crippen molar-refractivity contribution in [3.8, 4) is 0 Å². The molecule has 1 aromatic carbocycles. The first kappa shape index (κ1) is 22.9. The van der Waals surface area contributed by atoms with Crippen LogP contribution in [0.15, 0.2) is 79.1 Å². The van der Waals surface area contributed by atoms with E-state index in [1.807, 2.05) is 24.5 Å². The van der Waals surface area contributed by atoms with Gasteiger partial charge >= 0.3 is 0 Å². The van der Waals surface area contributed by atoms with E-state index in [0.29, 0.717) is 12.1 Å². The molecule has 0 spiro atoms. The Labute approximate surface area is 203 Å². The summed E-state index contributed by atoms with van der Waals surface area (Å²) >= 11 is 0. The van der Waals surface area contributed by atoms with Gasteiger partial charge in [-0.25, -0.2) is 0 Å². The molecule has 1 aliphatic carbocycles. The van der Waals surface area contributed by atoms with Gasteiger partial charge in [-0.1, -0.05) is 48.6 Å². The standard InChI is InChI=1S/C29H35N5/c1-2-10-25-20-33-27(19-24(25)9-1)22-34(28-14-7-11-23-12-8-17-32-29(23)28)18-6-5-15-30-21-26-13-3-4-16-31-26/h1-6,8-10,12-13,16-17,27-28,30,33H,7,11,14-15,18-22H2/b6-5+/t27-,28+/m1/s1. The van der Waals surface area contributed by atoms with Gasteiger partial charge < -0.3 is 10.6 Å². The fraction of sp³-hybridized carbons (Fsp3) is 0.379. The number of aryl methyl sites for hydroxylation is 1. The Morgan fingerprint density at radius 1 is 0.941 bits per heavy atom. The number of fused-ring (bicyclic) bond motifs is 2. The smallest absolute Gasteiger partial charge is 0.0607 e. The van der Waals surface area contributed by atoms with E-state index in [1.54, 1.807) is 0 Å². The van der Waals surface area contributed by atoms with Crippen molar-refractivity contribution in [3.63, 3.8) is 0 Å². The maximum atomic E-state index is 4.84. The summed E-state index contributed by atoms with van der Waals surface area (Å²) in [4.78, 5) is 11.9. The average Bonchev–Trinajstić information content (AvgIpc) is 2.90. The van der Waals surface area contributed by atoms with E-state index in [-0.39, 0.29) is 0 Å². The third-order valence-electron chi connectivity index (χ3n) is 7.03. The van der Waals surface area contributed by atoms with E-state index in [4.69, 9.17) is 4.98 Å². The van der Waals surface area contributed by atoms with Gasteiger partial charge in [-0.15, -0.1) is 0 Å². The van der Waals surface area contributed by atoms with Crippen LogP contribution >= 0.6 is 0 Å². The van der Waals surface area contributed by atoms with Crippen LogP contribution in [-0.4, -0.2) is 40.5 Å². The molecule has 0 saturated heterocycles. The lowest BCUT2D eigenvalue weighted by atomic mass is 9.89. The Bertz CT molecular complexity index is 1080. The number of pyridine rings is 2. The lowest BCUT2D eigenvalue weighted by molar-refractivity contribution is 0.170. The van der Waals surface area contributed by atoms with E-state index in [9.17, 15) is 0 Å². The molecular formula is C29H35N5. The Balaban J connectivity index is 1.24. The normalized spacial score (nSPS) is 19.8. The molecule has 2 aliphatic rings. The number of benzene rings is 1. The molecule has 2 N–H and O–H groups in total. The third-order valence-corrected chi connectivity index (χ3v) is 7.03. The first-order valence-electron chi connectivity index (χ1n) is 12.6. The predicted octanol–water partition coefficient (Wildman–Crippen LogP) is 4.22. The van der Waals surface area contributed by atoms with Crippen molar-refractivity contribution in [2.45, 2.75) is 50.9 Å². The predicted molar refractivity (Wildman–Crippen MR) is 137 cm³/mol.